The molecule has 1 aliphatic heterocycles. The van der Waals surface area contributed by atoms with E-state index in [0.717, 1.165) is 51.4 Å². The third-order valence-corrected chi connectivity index (χ3v) is 7.17. The van der Waals surface area contributed by atoms with Crippen LogP contribution in [0.2, 0.25) is 0 Å². The maximum atomic E-state index is 12.6. The monoisotopic (exact) mass is 650 g/mol. The van der Waals surface area contributed by atoms with Gasteiger partial charge in [-0.05, 0) is 51.4 Å². The van der Waals surface area contributed by atoms with E-state index in [0.29, 0.717) is 19.3 Å². The summed E-state index contributed by atoms with van der Waals surface area (Å²) in [5, 5.41) is 39.6. The minimum atomic E-state index is -1.60. The van der Waals surface area contributed by atoms with Crippen LogP contribution in [-0.4, -0.2) is 89.0 Å². The summed E-state index contributed by atoms with van der Waals surface area (Å²) < 4.78 is 21.7. The van der Waals surface area contributed by atoms with Crippen LogP contribution in [0.25, 0.3) is 0 Å². The smallest absolute Gasteiger partial charge is 0.306 e. The van der Waals surface area contributed by atoms with Crippen molar-refractivity contribution in [1.82, 2.24) is 0 Å². The molecule has 0 saturated carbocycles. The molecule has 0 bridgehead atoms. The number of allylic oxidation sites excluding steroid dienone is 10. The number of esters is 2. The Labute approximate surface area is 275 Å². The number of rotatable bonds is 25. The van der Waals surface area contributed by atoms with Crippen LogP contribution >= 0.6 is 0 Å². The van der Waals surface area contributed by atoms with Gasteiger partial charge >= 0.3 is 11.9 Å². The minimum absolute atomic E-state index is 0.149. The molecule has 0 aromatic carbocycles. The Morgan fingerprint density at radius 2 is 1.28 bits per heavy atom. The number of hydrogen-bond donors (Lipinski definition) is 4. The highest BCUT2D eigenvalue weighted by Gasteiger charge is 2.44. The first kappa shape index (κ1) is 41.4. The molecule has 0 amide bonds. The number of carbonyl (C=O) groups is 2. The van der Waals surface area contributed by atoms with Crippen molar-refractivity contribution in [3.63, 3.8) is 0 Å². The Hall–Kier alpha value is -2.60. The number of carbonyl (C=O) groups excluding carboxylic acids is 2. The van der Waals surface area contributed by atoms with Crippen LogP contribution in [0.15, 0.2) is 60.8 Å². The van der Waals surface area contributed by atoms with E-state index in [1.165, 1.54) is 0 Å². The third-order valence-electron chi connectivity index (χ3n) is 7.17. The molecule has 46 heavy (non-hydrogen) atoms. The second-order valence-electron chi connectivity index (χ2n) is 11.2. The van der Waals surface area contributed by atoms with Gasteiger partial charge in [0, 0.05) is 12.8 Å². The maximum Gasteiger partial charge on any atom is 0.306 e. The maximum absolute atomic E-state index is 12.6. The lowest BCUT2D eigenvalue weighted by atomic mass is 9.99. The predicted octanol–water partition coefficient (Wildman–Crippen LogP) is 5.15. The molecule has 1 saturated heterocycles. The van der Waals surface area contributed by atoms with Gasteiger partial charge in [0.05, 0.1) is 13.2 Å². The molecular weight excluding hydrogens is 592 g/mol. The van der Waals surface area contributed by atoms with Crippen LogP contribution in [-0.2, 0) is 28.5 Å². The summed E-state index contributed by atoms with van der Waals surface area (Å²) in [6.45, 7) is 3.06. The molecule has 0 aromatic heterocycles. The van der Waals surface area contributed by atoms with E-state index >= 15 is 0 Å². The fourth-order valence-corrected chi connectivity index (χ4v) is 4.46. The molecule has 1 aliphatic rings. The molecule has 6 atom stereocenters. The summed E-state index contributed by atoms with van der Waals surface area (Å²) in [6, 6.07) is 0. The van der Waals surface area contributed by atoms with Gasteiger partial charge in [-0.1, -0.05) is 93.9 Å². The van der Waals surface area contributed by atoms with Crippen molar-refractivity contribution < 1.29 is 49.0 Å². The standard InChI is InChI=1S/C36H58O10/c1-3-5-7-9-10-11-12-13-14-15-16-17-18-19-20-21-23-25-32(39)45-29(27-43-31(38)24-22-8-6-4-2)28-44-36-35(42)34(41)33(40)30(26-37)46-36/h5,7,10-11,13-14,16-17,19-20,29-30,33-37,40-42H,3-4,6,8-9,12,15,18,21-28H2,1-2H3/b7-5-,11-10-,14-13-,17-16-,20-19-. The zero-order chi connectivity index (χ0) is 33.8. The van der Waals surface area contributed by atoms with Crippen LogP contribution in [0, 0.1) is 0 Å². The second-order valence-corrected chi connectivity index (χ2v) is 11.2. The Morgan fingerprint density at radius 3 is 1.87 bits per heavy atom. The van der Waals surface area contributed by atoms with E-state index < -0.39 is 55.4 Å². The molecule has 0 aromatic rings. The van der Waals surface area contributed by atoms with Crippen LogP contribution in [0.5, 0.6) is 0 Å². The molecule has 10 heteroatoms. The number of hydrogen-bond acceptors (Lipinski definition) is 10. The first-order chi connectivity index (χ1) is 22.3. The summed E-state index contributed by atoms with van der Waals surface area (Å²) in [5.41, 5.74) is 0. The minimum Gasteiger partial charge on any atom is -0.462 e. The number of unbranched alkanes of at least 4 members (excludes halogenated alkanes) is 4. The van der Waals surface area contributed by atoms with Gasteiger partial charge in [0.2, 0.25) is 0 Å². The second kappa shape index (κ2) is 27.5. The molecule has 4 N–H and O–H groups in total. The quantitative estimate of drug-likeness (QED) is 0.0593. The SMILES string of the molecule is CC/C=C\C/C=C\C/C=C\C/C=C\C/C=C\CCCC(=O)OC(COC(=O)CCCCCC)COC1OC(CO)C(O)C(O)C1O. The van der Waals surface area contributed by atoms with Crippen LogP contribution in [0.4, 0.5) is 0 Å². The summed E-state index contributed by atoms with van der Waals surface area (Å²) in [5.74, 6) is -0.905. The first-order valence-corrected chi connectivity index (χ1v) is 16.9. The van der Waals surface area contributed by atoms with Crippen molar-refractivity contribution in [3.8, 4) is 0 Å². The predicted molar refractivity (Wildman–Crippen MR) is 178 cm³/mol. The summed E-state index contributed by atoms with van der Waals surface area (Å²) in [7, 11) is 0. The lowest BCUT2D eigenvalue weighted by Crippen LogP contribution is -2.59. The molecule has 1 heterocycles. The lowest BCUT2D eigenvalue weighted by molar-refractivity contribution is -0.305. The Balaban J connectivity index is 2.44. The van der Waals surface area contributed by atoms with Gasteiger partial charge in [0.1, 0.15) is 31.0 Å². The number of aliphatic hydroxyl groups is 4. The Morgan fingerprint density at radius 1 is 0.696 bits per heavy atom. The van der Waals surface area contributed by atoms with Crippen molar-refractivity contribution in [3.05, 3.63) is 60.8 Å². The summed E-state index contributed by atoms with van der Waals surface area (Å²) in [6.07, 6.45) is 23.1. The van der Waals surface area contributed by atoms with Gasteiger partial charge in [-0.25, -0.2) is 0 Å². The molecular formula is C36H58O10. The van der Waals surface area contributed by atoms with Crippen molar-refractivity contribution in [1.29, 1.82) is 0 Å². The van der Waals surface area contributed by atoms with Gasteiger partial charge < -0.3 is 39.4 Å². The Bertz CT molecular complexity index is 939. The highest BCUT2D eigenvalue weighted by Crippen LogP contribution is 2.22. The van der Waals surface area contributed by atoms with Crippen LogP contribution in [0.3, 0.4) is 0 Å². The fourth-order valence-electron chi connectivity index (χ4n) is 4.46. The Kier molecular flexibility index (Phi) is 24.8. The summed E-state index contributed by atoms with van der Waals surface area (Å²) in [4.78, 5) is 24.7. The molecule has 1 rings (SSSR count). The van der Waals surface area contributed by atoms with Crippen LogP contribution < -0.4 is 0 Å². The van der Waals surface area contributed by atoms with E-state index in [9.17, 15) is 30.0 Å². The van der Waals surface area contributed by atoms with E-state index in [-0.39, 0.29) is 26.1 Å². The largest absolute Gasteiger partial charge is 0.462 e. The lowest BCUT2D eigenvalue weighted by Gasteiger charge is -2.39. The zero-order valence-electron chi connectivity index (χ0n) is 27.8. The molecule has 0 aliphatic carbocycles. The number of ether oxygens (including phenoxy) is 4. The van der Waals surface area contributed by atoms with Crippen LogP contribution in [0.1, 0.15) is 97.3 Å². The van der Waals surface area contributed by atoms with E-state index in [2.05, 4.69) is 68.5 Å². The van der Waals surface area contributed by atoms with E-state index in [4.69, 9.17) is 18.9 Å². The molecule has 262 valence electrons. The van der Waals surface area contributed by atoms with Crippen molar-refractivity contribution in [2.75, 3.05) is 19.8 Å². The van der Waals surface area contributed by atoms with E-state index in [1.807, 2.05) is 6.08 Å². The normalized spacial score (nSPS) is 23.0. The van der Waals surface area contributed by atoms with Gasteiger partial charge in [0.25, 0.3) is 0 Å². The topological polar surface area (TPSA) is 152 Å². The average Bonchev–Trinajstić information content (AvgIpc) is 3.05. The molecule has 6 unspecified atom stereocenters. The molecule has 10 nitrogen and oxygen atoms in total. The summed E-state index contributed by atoms with van der Waals surface area (Å²) >= 11 is 0. The van der Waals surface area contributed by atoms with E-state index in [1.54, 1.807) is 0 Å². The van der Waals surface area contributed by atoms with Crippen molar-refractivity contribution in [2.24, 2.45) is 0 Å². The van der Waals surface area contributed by atoms with Crippen molar-refractivity contribution in [2.45, 2.75) is 134 Å². The van der Waals surface area contributed by atoms with Crippen molar-refractivity contribution >= 4 is 11.9 Å². The number of aliphatic hydroxyl groups excluding tert-OH is 4. The fraction of sp³-hybridized carbons (Fsp3) is 0.667. The average molecular weight is 651 g/mol. The third kappa shape index (κ3) is 19.8. The highest BCUT2D eigenvalue weighted by atomic mass is 16.7. The van der Waals surface area contributed by atoms with Gasteiger partial charge in [-0.3, -0.25) is 9.59 Å². The van der Waals surface area contributed by atoms with Gasteiger partial charge in [0.15, 0.2) is 12.4 Å². The first-order valence-electron chi connectivity index (χ1n) is 16.9. The molecule has 0 radical (unpaired) electrons. The van der Waals surface area contributed by atoms with Gasteiger partial charge in [-0.15, -0.1) is 0 Å². The van der Waals surface area contributed by atoms with Gasteiger partial charge in [-0.2, -0.15) is 0 Å². The highest BCUT2D eigenvalue weighted by molar-refractivity contribution is 5.70. The molecule has 1 fully saturated rings. The zero-order valence-corrected chi connectivity index (χ0v) is 27.8. The molecule has 0 spiro atoms.